The van der Waals surface area contributed by atoms with Gasteiger partial charge in [-0.1, -0.05) is 25.1 Å². The summed E-state index contributed by atoms with van der Waals surface area (Å²) in [4.78, 5) is 11.4. The van der Waals surface area contributed by atoms with E-state index in [1.54, 1.807) is 6.08 Å². The third-order valence-electron chi connectivity index (χ3n) is 4.39. The summed E-state index contributed by atoms with van der Waals surface area (Å²) in [5.41, 5.74) is 5.21. The minimum Gasteiger partial charge on any atom is -0.478 e. The van der Waals surface area contributed by atoms with E-state index in [2.05, 4.69) is 28.0 Å². The predicted octanol–water partition coefficient (Wildman–Crippen LogP) is 3.77. The van der Waals surface area contributed by atoms with Gasteiger partial charge in [0.05, 0.1) is 11.4 Å². The first-order chi connectivity index (χ1) is 11.4. The highest BCUT2D eigenvalue weighted by Crippen LogP contribution is 2.34. The molecule has 0 bridgehead atoms. The molecule has 0 aliphatic rings. The second kappa shape index (κ2) is 6.00. The van der Waals surface area contributed by atoms with Crippen LogP contribution in [0.25, 0.3) is 28.2 Å². The molecule has 1 N–H and O–H groups in total. The zero-order valence-corrected chi connectivity index (χ0v) is 14.4. The molecule has 124 valence electrons. The van der Waals surface area contributed by atoms with Crippen LogP contribution in [0.2, 0.25) is 0 Å². The van der Waals surface area contributed by atoms with Gasteiger partial charge in [0, 0.05) is 47.9 Å². The van der Waals surface area contributed by atoms with Crippen LogP contribution in [0.4, 0.5) is 0 Å². The van der Waals surface area contributed by atoms with Crippen LogP contribution in [0, 0.1) is 6.92 Å². The van der Waals surface area contributed by atoms with Crippen LogP contribution in [0.1, 0.15) is 24.6 Å². The fraction of sp³-hybridized carbons (Fsp3) is 0.263. The lowest BCUT2D eigenvalue weighted by atomic mass is 10.0. The number of hydrogen-bond donors (Lipinski definition) is 1. The Kier molecular flexibility index (Phi) is 4.01. The Morgan fingerprint density at radius 3 is 2.67 bits per heavy atom. The standard InChI is InChI=1S/C19H21N3O2/c1-5-13(19(23)24)10-15-12(2)20-22(4)18(15)16-11-21(3)17-9-7-6-8-14(16)17/h6-11H,5H2,1-4H3,(H,23,24). The number of hydrogen-bond acceptors (Lipinski definition) is 2. The number of carbonyl (C=O) groups is 1. The summed E-state index contributed by atoms with van der Waals surface area (Å²) in [6.07, 6.45) is 4.30. The number of carboxylic acid groups (broad SMARTS) is 1. The van der Waals surface area contributed by atoms with Crippen LogP contribution in [-0.2, 0) is 18.9 Å². The summed E-state index contributed by atoms with van der Waals surface area (Å²) >= 11 is 0. The number of para-hydroxylation sites is 1. The van der Waals surface area contributed by atoms with Crippen molar-refractivity contribution in [2.75, 3.05) is 0 Å². The molecule has 0 spiro atoms. The van der Waals surface area contributed by atoms with Gasteiger partial charge in [-0.25, -0.2) is 4.79 Å². The number of benzene rings is 1. The van der Waals surface area contributed by atoms with Crippen molar-refractivity contribution in [1.82, 2.24) is 14.3 Å². The van der Waals surface area contributed by atoms with E-state index in [-0.39, 0.29) is 0 Å². The van der Waals surface area contributed by atoms with Gasteiger partial charge in [0.25, 0.3) is 0 Å². The van der Waals surface area contributed by atoms with Crippen LogP contribution >= 0.6 is 0 Å². The minimum atomic E-state index is -0.885. The van der Waals surface area contributed by atoms with E-state index in [1.165, 1.54) is 0 Å². The zero-order valence-electron chi connectivity index (χ0n) is 14.4. The molecular weight excluding hydrogens is 302 g/mol. The summed E-state index contributed by atoms with van der Waals surface area (Å²) in [7, 11) is 3.91. The maximum atomic E-state index is 11.4. The smallest absolute Gasteiger partial charge is 0.331 e. The monoisotopic (exact) mass is 323 g/mol. The maximum absolute atomic E-state index is 11.4. The quantitative estimate of drug-likeness (QED) is 0.744. The second-order valence-corrected chi connectivity index (χ2v) is 5.97. The molecule has 1 aromatic carbocycles. The van der Waals surface area contributed by atoms with Gasteiger partial charge < -0.3 is 9.67 Å². The SMILES string of the molecule is CCC(=Cc1c(C)nn(C)c1-c1cn(C)c2ccccc12)C(=O)O. The number of aryl methyl sites for hydroxylation is 3. The molecule has 0 aliphatic carbocycles. The molecule has 5 nitrogen and oxygen atoms in total. The van der Waals surface area contributed by atoms with Crippen LogP contribution in [0.3, 0.4) is 0 Å². The molecule has 0 radical (unpaired) electrons. The molecule has 0 unspecified atom stereocenters. The fourth-order valence-electron chi connectivity index (χ4n) is 3.19. The van der Waals surface area contributed by atoms with Crippen molar-refractivity contribution < 1.29 is 9.90 Å². The Labute approximate surface area is 140 Å². The third kappa shape index (κ3) is 2.52. The fourth-order valence-corrected chi connectivity index (χ4v) is 3.19. The molecule has 0 amide bonds. The van der Waals surface area contributed by atoms with E-state index in [0.717, 1.165) is 33.4 Å². The summed E-state index contributed by atoms with van der Waals surface area (Å²) < 4.78 is 3.91. The Morgan fingerprint density at radius 1 is 1.29 bits per heavy atom. The highest BCUT2D eigenvalue weighted by atomic mass is 16.4. The van der Waals surface area contributed by atoms with Gasteiger partial charge in [0.1, 0.15) is 0 Å². The molecule has 0 fully saturated rings. The van der Waals surface area contributed by atoms with E-state index >= 15 is 0 Å². The highest BCUT2D eigenvalue weighted by molar-refractivity contribution is 5.99. The lowest BCUT2D eigenvalue weighted by molar-refractivity contribution is -0.132. The van der Waals surface area contributed by atoms with Gasteiger partial charge in [0.15, 0.2) is 0 Å². The molecule has 0 saturated heterocycles. The van der Waals surface area contributed by atoms with Crippen molar-refractivity contribution in [1.29, 1.82) is 0 Å². The van der Waals surface area contributed by atoms with Crippen molar-refractivity contribution in [3.8, 4) is 11.3 Å². The van der Waals surface area contributed by atoms with Crippen LogP contribution < -0.4 is 0 Å². The average Bonchev–Trinajstić information content (AvgIpc) is 3.01. The number of rotatable bonds is 4. The van der Waals surface area contributed by atoms with Gasteiger partial charge >= 0.3 is 5.97 Å². The Balaban J connectivity index is 2.31. The number of aromatic nitrogens is 3. The molecule has 24 heavy (non-hydrogen) atoms. The molecule has 3 aromatic rings. The Hall–Kier alpha value is -2.82. The van der Waals surface area contributed by atoms with E-state index in [0.29, 0.717) is 12.0 Å². The van der Waals surface area contributed by atoms with Crippen molar-refractivity contribution in [2.24, 2.45) is 14.1 Å². The largest absolute Gasteiger partial charge is 0.478 e. The van der Waals surface area contributed by atoms with Gasteiger partial charge in [-0.05, 0) is 25.5 Å². The van der Waals surface area contributed by atoms with E-state index in [9.17, 15) is 9.90 Å². The molecule has 0 aliphatic heterocycles. The molecule has 2 aromatic heterocycles. The highest BCUT2D eigenvalue weighted by Gasteiger charge is 2.19. The third-order valence-corrected chi connectivity index (χ3v) is 4.39. The lowest BCUT2D eigenvalue weighted by Crippen LogP contribution is -1.99. The molecule has 0 atom stereocenters. The number of nitrogens with zero attached hydrogens (tertiary/aromatic N) is 3. The molecule has 5 heteroatoms. The van der Waals surface area contributed by atoms with Crippen molar-refractivity contribution in [3.05, 3.63) is 47.3 Å². The number of carboxylic acids is 1. The summed E-state index contributed by atoms with van der Waals surface area (Å²) in [6, 6.07) is 8.19. The first kappa shape index (κ1) is 16.1. The number of aliphatic carboxylic acids is 1. The van der Waals surface area contributed by atoms with Gasteiger partial charge in [-0.3, -0.25) is 4.68 Å². The van der Waals surface area contributed by atoms with Crippen LogP contribution in [0.15, 0.2) is 36.0 Å². The van der Waals surface area contributed by atoms with Gasteiger partial charge in [-0.15, -0.1) is 0 Å². The molecule has 2 heterocycles. The van der Waals surface area contributed by atoms with E-state index in [1.807, 2.05) is 44.8 Å². The average molecular weight is 323 g/mol. The molecule has 3 rings (SSSR count). The van der Waals surface area contributed by atoms with E-state index in [4.69, 9.17) is 0 Å². The molecule has 0 saturated carbocycles. The molecular formula is C19H21N3O2. The second-order valence-electron chi connectivity index (χ2n) is 5.97. The summed E-state index contributed by atoms with van der Waals surface area (Å²) in [5, 5.41) is 15.0. The summed E-state index contributed by atoms with van der Waals surface area (Å²) in [6.45, 7) is 3.76. The van der Waals surface area contributed by atoms with Gasteiger partial charge in [-0.2, -0.15) is 5.10 Å². The normalized spacial score (nSPS) is 12.1. The lowest BCUT2D eigenvalue weighted by Gasteiger charge is -2.04. The topological polar surface area (TPSA) is 60.0 Å². The van der Waals surface area contributed by atoms with Crippen molar-refractivity contribution in [2.45, 2.75) is 20.3 Å². The summed E-state index contributed by atoms with van der Waals surface area (Å²) in [5.74, 6) is -0.885. The van der Waals surface area contributed by atoms with Crippen molar-refractivity contribution >= 4 is 22.9 Å². The van der Waals surface area contributed by atoms with Crippen LogP contribution in [-0.4, -0.2) is 25.4 Å². The van der Waals surface area contributed by atoms with Gasteiger partial charge in [0.2, 0.25) is 0 Å². The Morgan fingerprint density at radius 2 is 2.00 bits per heavy atom. The first-order valence-corrected chi connectivity index (χ1v) is 7.96. The first-order valence-electron chi connectivity index (χ1n) is 7.96. The maximum Gasteiger partial charge on any atom is 0.331 e. The van der Waals surface area contributed by atoms with Crippen LogP contribution in [0.5, 0.6) is 0 Å². The predicted molar refractivity (Wildman–Crippen MR) is 95.8 cm³/mol. The minimum absolute atomic E-state index is 0.382. The van der Waals surface area contributed by atoms with E-state index < -0.39 is 5.97 Å². The zero-order chi connectivity index (χ0) is 17.4. The van der Waals surface area contributed by atoms with Crippen molar-refractivity contribution in [3.63, 3.8) is 0 Å². The Bertz CT molecular complexity index is 961. The number of fused-ring (bicyclic) bond motifs is 1.